The van der Waals surface area contributed by atoms with E-state index < -0.39 is 11.9 Å². The lowest BCUT2D eigenvalue weighted by Crippen LogP contribution is -2.43. The molecular weight excluding hydrogens is 486 g/mol. The van der Waals surface area contributed by atoms with E-state index in [1.54, 1.807) is 38.3 Å². The number of methoxy groups -OCH3 is 1. The number of rotatable bonds is 9. The summed E-state index contributed by atoms with van der Waals surface area (Å²) in [6.45, 7) is 2.05. The average molecular weight is 510 g/mol. The minimum atomic E-state index is -0.766. The molecule has 0 fully saturated rings. The number of hydrazone groups is 1. The maximum absolute atomic E-state index is 12.3. The lowest BCUT2D eigenvalue weighted by Gasteiger charge is -2.12. The van der Waals surface area contributed by atoms with Crippen LogP contribution < -0.4 is 20.2 Å². The zero-order valence-electron chi connectivity index (χ0n) is 18.2. The topological polar surface area (TPSA) is 89.0 Å². The monoisotopic (exact) mass is 509 g/mol. The summed E-state index contributed by atoms with van der Waals surface area (Å²) < 4.78 is 11.7. The van der Waals surface area contributed by atoms with E-state index in [-0.39, 0.29) is 5.91 Å². The summed E-state index contributed by atoms with van der Waals surface area (Å²) in [7, 11) is 1.55. The number of carbonyl (C=O) groups excluding carboxylic acids is 2. The zero-order chi connectivity index (χ0) is 23.6. The number of carbonyl (C=O) groups is 2. The van der Waals surface area contributed by atoms with E-state index in [0.717, 1.165) is 15.6 Å². The Morgan fingerprint density at radius 1 is 1.06 bits per heavy atom. The van der Waals surface area contributed by atoms with E-state index in [1.807, 2.05) is 48.5 Å². The molecule has 0 radical (unpaired) electrons. The Bertz CT molecular complexity index is 1120. The maximum atomic E-state index is 12.3. The zero-order valence-corrected chi connectivity index (χ0v) is 19.8. The van der Waals surface area contributed by atoms with Gasteiger partial charge in [0.15, 0.2) is 0 Å². The van der Waals surface area contributed by atoms with E-state index in [4.69, 9.17) is 9.47 Å². The van der Waals surface area contributed by atoms with Gasteiger partial charge < -0.3 is 14.8 Å². The summed E-state index contributed by atoms with van der Waals surface area (Å²) in [5, 5.41) is 6.61. The van der Waals surface area contributed by atoms with Gasteiger partial charge in [0.25, 0.3) is 11.8 Å². The number of hydrogen-bond acceptors (Lipinski definition) is 5. The standard InChI is InChI=1S/C25H24BrN3O4/c1-17(28-25(31)20-9-11-21(32-2)12-10-20)24(30)29-27-15-19-8-13-23(22(26)14-19)33-16-18-6-4-3-5-7-18/h3-15,17H,16H2,1-2H3,(H,28,31)(H,29,30). The van der Waals surface area contributed by atoms with Crippen LogP contribution >= 0.6 is 15.9 Å². The largest absolute Gasteiger partial charge is 0.497 e. The Labute approximate surface area is 200 Å². The van der Waals surface area contributed by atoms with Gasteiger partial charge in [0.1, 0.15) is 24.1 Å². The second kappa shape index (κ2) is 11.8. The summed E-state index contributed by atoms with van der Waals surface area (Å²) >= 11 is 3.49. The van der Waals surface area contributed by atoms with Crippen molar-refractivity contribution >= 4 is 34.0 Å². The Morgan fingerprint density at radius 2 is 1.79 bits per heavy atom. The predicted octanol–water partition coefficient (Wildman–Crippen LogP) is 4.31. The third kappa shape index (κ3) is 7.18. The first kappa shape index (κ1) is 24.0. The second-order valence-electron chi connectivity index (χ2n) is 7.12. The van der Waals surface area contributed by atoms with Gasteiger partial charge in [-0.15, -0.1) is 0 Å². The first-order valence-electron chi connectivity index (χ1n) is 10.2. The molecule has 170 valence electrons. The number of nitrogens with zero attached hydrogens (tertiary/aromatic N) is 1. The fourth-order valence-corrected chi connectivity index (χ4v) is 3.32. The Hall–Kier alpha value is -3.65. The fraction of sp³-hybridized carbons (Fsp3) is 0.160. The summed E-state index contributed by atoms with van der Waals surface area (Å²) in [5.74, 6) is 0.554. The molecule has 7 nitrogen and oxygen atoms in total. The summed E-state index contributed by atoms with van der Waals surface area (Å²) in [4.78, 5) is 24.5. The van der Waals surface area contributed by atoms with Crippen LogP contribution in [0.2, 0.25) is 0 Å². The van der Waals surface area contributed by atoms with E-state index >= 15 is 0 Å². The molecule has 33 heavy (non-hydrogen) atoms. The van der Waals surface area contributed by atoms with E-state index in [0.29, 0.717) is 23.7 Å². The van der Waals surface area contributed by atoms with Gasteiger partial charge in [-0.3, -0.25) is 9.59 Å². The van der Waals surface area contributed by atoms with Crippen molar-refractivity contribution in [2.24, 2.45) is 5.10 Å². The quantitative estimate of drug-likeness (QED) is 0.332. The van der Waals surface area contributed by atoms with E-state index in [1.165, 1.54) is 6.21 Å². The van der Waals surface area contributed by atoms with Crippen molar-refractivity contribution in [1.82, 2.24) is 10.7 Å². The first-order valence-corrected chi connectivity index (χ1v) is 11.0. The first-order chi connectivity index (χ1) is 16.0. The molecule has 3 aromatic carbocycles. The Kier molecular flexibility index (Phi) is 8.60. The predicted molar refractivity (Wildman–Crippen MR) is 131 cm³/mol. The van der Waals surface area contributed by atoms with Crippen molar-refractivity contribution < 1.29 is 19.1 Å². The molecule has 0 aromatic heterocycles. The van der Waals surface area contributed by atoms with Crippen molar-refractivity contribution in [3.63, 3.8) is 0 Å². The minimum absolute atomic E-state index is 0.362. The molecule has 0 saturated heterocycles. The number of ether oxygens (including phenoxy) is 2. The van der Waals surface area contributed by atoms with Crippen molar-refractivity contribution in [3.8, 4) is 11.5 Å². The molecule has 0 heterocycles. The Morgan fingerprint density at radius 3 is 2.45 bits per heavy atom. The van der Waals surface area contributed by atoms with Gasteiger partial charge >= 0.3 is 0 Å². The van der Waals surface area contributed by atoms with E-state index in [2.05, 4.69) is 31.8 Å². The van der Waals surface area contributed by atoms with Crippen LogP contribution in [-0.4, -0.2) is 31.2 Å². The van der Waals surface area contributed by atoms with Crippen LogP contribution in [0.1, 0.15) is 28.4 Å². The van der Waals surface area contributed by atoms with Gasteiger partial charge in [-0.1, -0.05) is 30.3 Å². The minimum Gasteiger partial charge on any atom is -0.497 e. The van der Waals surface area contributed by atoms with Gasteiger partial charge in [-0.2, -0.15) is 5.10 Å². The molecule has 2 amide bonds. The highest BCUT2D eigenvalue weighted by atomic mass is 79.9. The molecule has 1 unspecified atom stereocenters. The highest BCUT2D eigenvalue weighted by molar-refractivity contribution is 9.10. The molecule has 0 aliphatic carbocycles. The third-order valence-electron chi connectivity index (χ3n) is 4.67. The molecule has 1 atom stereocenters. The van der Waals surface area contributed by atoms with Crippen LogP contribution in [0.15, 0.2) is 82.4 Å². The van der Waals surface area contributed by atoms with Crippen LogP contribution in [0.5, 0.6) is 11.5 Å². The number of halogens is 1. The normalized spacial score (nSPS) is 11.6. The Balaban J connectivity index is 1.49. The summed E-state index contributed by atoms with van der Waals surface area (Å²) in [5.41, 5.74) is 4.71. The molecular formula is C25H24BrN3O4. The van der Waals surface area contributed by atoms with Gasteiger partial charge in [-0.25, -0.2) is 5.43 Å². The number of hydrogen-bond donors (Lipinski definition) is 2. The van der Waals surface area contributed by atoms with E-state index in [9.17, 15) is 9.59 Å². The van der Waals surface area contributed by atoms with Crippen LogP contribution in [0.4, 0.5) is 0 Å². The van der Waals surface area contributed by atoms with Crippen LogP contribution in [0, 0.1) is 0 Å². The smallest absolute Gasteiger partial charge is 0.262 e. The lowest BCUT2D eigenvalue weighted by molar-refractivity contribution is -0.122. The molecule has 8 heteroatoms. The SMILES string of the molecule is COc1ccc(C(=O)NC(C)C(=O)NN=Cc2ccc(OCc3ccccc3)c(Br)c2)cc1. The number of benzene rings is 3. The summed E-state index contributed by atoms with van der Waals surface area (Å²) in [6.07, 6.45) is 1.52. The van der Waals surface area contributed by atoms with Crippen LogP contribution in [0.3, 0.4) is 0 Å². The van der Waals surface area contributed by atoms with Crippen molar-refractivity contribution in [3.05, 3.63) is 94.0 Å². The van der Waals surface area contributed by atoms with Gasteiger partial charge in [0.05, 0.1) is 17.8 Å². The highest BCUT2D eigenvalue weighted by Crippen LogP contribution is 2.26. The molecule has 0 aliphatic heterocycles. The van der Waals surface area contributed by atoms with Crippen molar-refractivity contribution in [2.45, 2.75) is 19.6 Å². The molecule has 0 saturated carbocycles. The lowest BCUT2D eigenvalue weighted by atomic mass is 10.2. The number of amides is 2. The van der Waals surface area contributed by atoms with Crippen LogP contribution in [-0.2, 0) is 11.4 Å². The van der Waals surface area contributed by atoms with Gasteiger partial charge in [0.2, 0.25) is 0 Å². The molecule has 3 aromatic rings. The third-order valence-corrected chi connectivity index (χ3v) is 5.29. The van der Waals surface area contributed by atoms with Crippen LogP contribution in [0.25, 0.3) is 0 Å². The fourth-order valence-electron chi connectivity index (χ4n) is 2.80. The molecule has 3 rings (SSSR count). The molecule has 0 spiro atoms. The molecule has 2 N–H and O–H groups in total. The van der Waals surface area contributed by atoms with Gasteiger partial charge in [-0.05, 0) is 76.4 Å². The molecule has 0 bridgehead atoms. The van der Waals surface area contributed by atoms with Gasteiger partial charge in [0, 0.05) is 5.56 Å². The van der Waals surface area contributed by atoms with Crippen molar-refractivity contribution in [1.29, 1.82) is 0 Å². The number of nitrogens with one attached hydrogen (secondary N) is 2. The maximum Gasteiger partial charge on any atom is 0.262 e. The molecule has 0 aliphatic rings. The summed E-state index contributed by atoms with van der Waals surface area (Å²) in [6, 6.07) is 21.2. The highest BCUT2D eigenvalue weighted by Gasteiger charge is 2.16. The van der Waals surface area contributed by atoms with Crippen molar-refractivity contribution in [2.75, 3.05) is 7.11 Å². The second-order valence-corrected chi connectivity index (χ2v) is 7.98. The average Bonchev–Trinajstić information content (AvgIpc) is 2.84.